The lowest BCUT2D eigenvalue weighted by atomic mass is 10.2. The molecule has 1 amide bonds. The largest absolute Gasteiger partial charge is 0.452 e. The predicted molar refractivity (Wildman–Crippen MR) is 146 cm³/mol. The molecule has 0 saturated heterocycles. The number of carbonyl (C=O) groups is 2. The van der Waals surface area contributed by atoms with Gasteiger partial charge in [-0.3, -0.25) is 14.4 Å². The fourth-order valence-corrected chi connectivity index (χ4v) is 6.13. The third-order valence-corrected chi connectivity index (χ3v) is 8.56. The van der Waals surface area contributed by atoms with Gasteiger partial charge in [0.2, 0.25) is 0 Å². The zero-order valence-corrected chi connectivity index (χ0v) is 22.3. The number of fused-ring (bicyclic) bond motifs is 2. The normalized spacial score (nSPS) is 12.3. The van der Waals surface area contributed by atoms with E-state index in [2.05, 4.69) is 20.7 Å². The highest BCUT2D eigenvalue weighted by molar-refractivity contribution is 9.10. The van der Waals surface area contributed by atoms with Crippen molar-refractivity contribution in [3.8, 4) is 0 Å². The van der Waals surface area contributed by atoms with E-state index in [1.54, 1.807) is 28.8 Å². The number of amides is 1. The summed E-state index contributed by atoms with van der Waals surface area (Å²) in [6.07, 6.45) is 0. The van der Waals surface area contributed by atoms with Crippen LogP contribution in [0.4, 0.5) is 17.1 Å². The molecule has 4 aromatic carbocycles. The fourth-order valence-electron chi connectivity index (χ4n) is 3.75. The molecule has 7 nitrogen and oxygen atoms in total. The topological polar surface area (TPSA) is 92.8 Å². The first-order valence-corrected chi connectivity index (χ1v) is 14.2. The number of ether oxygens (including phenoxy) is 1. The number of rotatable bonds is 6. The van der Waals surface area contributed by atoms with Crippen molar-refractivity contribution in [1.82, 2.24) is 0 Å². The van der Waals surface area contributed by atoms with Gasteiger partial charge in [0.05, 0.1) is 21.8 Å². The molecule has 0 fully saturated rings. The molecule has 0 aliphatic carbocycles. The molecule has 1 aliphatic rings. The molecule has 1 aliphatic heterocycles. The Kier molecular flexibility index (Phi) is 7.05. The second kappa shape index (κ2) is 10.4. The first kappa shape index (κ1) is 25.1. The molecule has 0 radical (unpaired) electrons. The number of para-hydroxylation sites is 2. The smallest absolute Gasteiger partial charge is 0.338 e. The maximum absolute atomic E-state index is 13.2. The van der Waals surface area contributed by atoms with E-state index >= 15 is 0 Å². The first-order chi connectivity index (χ1) is 17.8. The van der Waals surface area contributed by atoms with E-state index in [-0.39, 0.29) is 22.1 Å². The van der Waals surface area contributed by atoms with Gasteiger partial charge in [-0.2, -0.15) is 0 Å². The van der Waals surface area contributed by atoms with Crippen LogP contribution >= 0.6 is 27.7 Å². The highest BCUT2D eigenvalue weighted by Crippen LogP contribution is 2.47. The van der Waals surface area contributed by atoms with E-state index < -0.39 is 22.6 Å². The molecule has 5 rings (SSSR count). The van der Waals surface area contributed by atoms with E-state index in [0.717, 1.165) is 25.6 Å². The van der Waals surface area contributed by atoms with E-state index in [1.165, 1.54) is 36.4 Å². The van der Waals surface area contributed by atoms with Crippen molar-refractivity contribution in [3.05, 3.63) is 107 Å². The average Bonchev–Trinajstić information content (AvgIpc) is 2.90. The van der Waals surface area contributed by atoms with Crippen LogP contribution in [-0.4, -0.2) is 26.9 Å². The number of esters is 1. The van der Waals surface area contributed by atoms with E-state index in [1.807, 2.05) is 48.5 Å². The van der Waals surface area contributed by atoms with Gasteiger partial charge >= 0.3 is 5.97 Å². The molecule has 0 spiro atoms. The minimum Gasteiger partial charge on any atom is -0.452 e. The standard InChI is InChI=1S/C27H19BrN2O5S2/c28-19-11-15-21(16-12-19)37(33,34)29-20-13-9-18(10-14-20)27(32)35-17-26(31)30-22-5-1-3-7-24(22)36-25-8-4-2-6-23(25)30/h1-16,29H,17H2. The monoisotopic (exact) mass is 594 g/mol. The van der Waals surface area contributed by atoms with Crippen molar-refractivity contribution in [2.45, 2.75) is 14.7 Å². The van der Waals surface area contributed by atoms with Crippen LogP contribution in [0.3, 0.4) is 0 Å². The number of hydrogen-bond acceptors (Lipinski definition) is 6. The summed E-state index contributed by atoms with van der Waals surface area (Å²) in [5.74, 6) is -1.07. The molecule has 0 unspecified atom stereocenters. The Balaban J connectivity index is 1.26. The van der Waals surface area contributed by atoms with Crippen LogP contribution in [0.2, 0.25) is 0 Å². The number of nitrogens with zero attached hydrogens (tertiary/aromatic N) is 1. The number of halogens is 1. The van der Waals surface area contributed by atoms with Crippen LogP contribution in [-0.2, 0) is 19.6 Å². The summed E-state index contributed by atoms with van der Waals surface area (Å²) in [6, 6.07) is 27.1. The second-order valence-corrected chi connectivity index (χ2v) is 11.7. The Hall–Kier alpha value is -3.60. The van der Waals surface area contributed by atoms with Gasteiger partial charge in [-0.05, 0) is 72.8 Å². The van der Waals surface area contributed by atoms with Crippen LogP contribution in [0.15, 0.2) is 116 Å². The fraction of sp³-hybridized carbons (Fsp3) is 0.0370. The van der Waals surface area contributed by atoms with Gasteiger partial charge in [-0.15, -0.1) is 0 Å². The summed E-state index contributed by atoms with van der Waals surface area (Å²) in [5, 5.41) is 0. The lowest BCUT2D eigenvalue weighted by Crippen LogP contribution is -2.32. The SMILES string of the molecule is O=C(OCC(=O)N1c2ccccc2Sc2ccccc21)c1ccc(NS(=O)(=O)c2ccc(Br)cc2)cc1. The summed E-state index contributed by atoms with van der Waals surface area (Å²) in [5.41, 5.74) is 1.94. The Bertz CT molecular complexity index is 1540. The van der Waals surface area contributed by atoms with Crippen molar-refractivity contribution in [1.29, 1.82) is 0 Å². The maximum atomic E-state index is 13.2. The molecule has 4 aromatic rings. The van der Waals surface area contributed by atoms with Crippen molar-refractivity contribution < 1.29 is 22.7 Å². The number of benzene rings is 4. The lowest BCUT2D eigenvalue weighted by molar-refractivity contribution is -0.121. The quantitative estimate of drug-likeness (QED) is 0.266. The lowest BCUT2D eigenvalue weighted by Gasteiger charge is -2.30. The van der Waals surface area contributed by atoms with Crippen molar-refractivity contribution in [2.24, 2.45) is 0 Å². The van der Waals surface area contributed by atoms with Gasteiger partial charge < -0.3 is 4.74 Å². The number of nitrogens with one attached hydrogen (secondary N) is 1. The van der Waals surface area contributed by atoms with Crippen LogP contribution < -0.4 is 9.62 Å². The Morgan fingerprint density at radius 1 is 0.811 bits per heavy atom. The zero-order chi connectivity index (χ0) is 26.0. The molecule has 0 aromatic heterocycles. The third-order valence-electron chi connectivity index (χ3n) is 5.51. The average molecular weight is 595 g/mol. The first-order valence-electron chi connectivity index (χ1n) is 11.1. The Morgan fingerprint density at radius 3 is 1.97 bits per heavy atom. The van der Waals surface area contributed by atoms with Crippen LogP contribution in [0.1, 0.15) is 10.4 Å². The molecular weight excluding hydrogens is 576 g/mol. The van der Waals surface area contributed by atoms with Gasteiger partial charge in [0.15, 0.2) is 6.61 Å². The maximum Gasteiger partial charge on any atom is 0.338 e. The van der Waals surface area contributed by atoms with E-state index in [4.69, 9.17) is 4.74 Å². The van der Waals surface area contributed by atoms with Crippen LogP contribution in [0.25, 0.3) is 0 Å². The van der Waals surface area contributed by atoms with E-state index in [9.17, 15) is 18.0 Å². The molecule has 1 N–H and O–H groups in total. The molecule has 0 atom stereocenters. The molecule has 1 heterocycles. The highest BCUT2D eigenvalue weighted by atomic mass is 79.9. The Morgan fingerprint density at radius 2 is 1.38 bits per heavy atom. The Labute approximate surface area is 226 Å². The molecule has 10 heteroatoms. The summed E-state index contributed by atoms with van der Waals surface area (Å²) in [7, 11) is -3.78. The molecule has 0 saturated carbocycles. The molecular formula is C27H19BrN2O5S2. The minimum atomic E-state index is -3.78. The van der Waals surface area contributed by atoms with Crippen molar-refractivity contribution in [2.75, 3.05) is 16.2 Å². The summed E-state index contributed by atoms with van der Waals surface area (Å²) in [4.78, 5) is 29.4. The van der Waals surface area contributed by atoms with E-state index in [0.29, 0.717) is 0 Å². The second-order valence-electron chi connectivity index (χ2n) is 7.98. The van der Waals surface area contributed by atoms with Crippen LogP contribution in [0, 0.1) is 0 Å². The number of anilines is 3. The summed E-state index contributed by atoms with van der Waals surface area (Å²) < 4.78 is 33.7. The third kappa shape index (κ3) is 5.41. The summed E-state index contributed by atoms with van der Waals surface area (Å²) in [6.45, 7) is -0.454. The van der Waals surface area contributed by atoms with Gasteiger partial charge in [-0.25, -0.2) is 13.2 Å². The van der Waals surface area contributed by atoms with Crippen LogP contribution in [0.5, 0.6) is 0 Å². The van der Waals surface area contributed by atoms with Gasteiger partial charge in [0, 0.05) is 20.0 Å². The zero-order valence-electron chi connectivity index (χ0n) is 19.1. The molecule has 0 bridgehead atoms. The highest BCUT2D eigenvalue weighted by Gasteiger charge is 2.28. The van der Waals surface area contributed by atoms with Crippen molar-refractivity contribution in [3.63, 3.8) is 0 Å². The molecule has 37 heavy (non-hydrogen) atoms. The number of hydrogen-bond donors (Lipinski definition) is 1. The summed E-state index contributed by atoms with van der Waals surface area (Å²) >= 11 is 4.85. The number of sulfonamides is 1. The predicted octanol–water partition coefficient (Wildman–Crippen LogP) is 6.24. The van der Waals surface area contributed by atoms with Gasteiger partial charge in [-0.1, -0.05) is 52.0 Å². The number of carbonyl (C=O) groups excluding carboxylic acids is 2. The molecule has 186 valence electrons. The van der Waals surface area contributed by atoms with Gasteiger partial charge in [0.25, 0.3) is 15.9 Å². The van der Waals surface area contributed by atoms with Crippen molar-refractivity contribution >= 4 is 66.7 Å². The van der Waals surface area contributed by atoms with Gasteiger partial charge in [0.1, 0.15) is 0 Å². The minimum absolute atomic E-state index is 0.108.